The summed E-state index contributed by atoms with van der Waals surface area (Å²) in [5.74, 6) is 1.63. The number of pyridine rings is 1. The molecule has 0 unspecified atom stereocenters. The highest BCUT2D eigenvalue weighted by Gasteiger charge is 2.11. The first-order chi connectivity index (χ1) is 13.7. The normalized spacial score (nSPS) is 10.5. The number of para-hydroxylation sites is 1. The van der Waals surface area contributed by atoms with Crippen LogP contribution in [0.3, 0.4) is 0 Å². The van der Waals surface area contributed by atoms with E-state index in [4.69, 9.17) is 4.74 Å². The summed E-state index contributed by atoms with van der Waals surface area (Å²) in [6.07, 6.45) is 4.95. The van der Waals surface area contributed by atoms with Gasteiger partial charge in [-0.1, -0.05) is 30.3 Å². The first kappa shape index (κ1) is 17.5. The van der Waals surface area contributed by atoms with Crippen LogP contribution in [0.15, 0.2) is 79.3 Å². The third-order valence-electron chi connectivity index (χ3n) is 4.22. The molecule has 0 radical (unpaired) electrons. The number of rotatable bonds is 5. The molecule has 0 aliphatic carbocycles. The van der Waals surface area contributed by atoms with E-state index in [-0.39, 0.29) is 5.91 Å². The number of benzene rings is 2. The Bertz CT molecular complexity index is 1080. The second kappa shape index (κ2) is 7.75. The van der Waals surface area contributed by atoms with E-state index in [1.807, 2.05) is 55.5 Å². The molecule has 1 amide bonds. The molecule has 6 nitrogen and oxygen atoms in total. The van der Waals surface area contributed by atoms with Crippen LogP contribution in [-0.4, -0.2) is 20.9 Å². The summed E-state index contributed by atoms with van der Waals surface area (Å²) in [4.78, 5) is 24.1. The summed E-state index contributed by atoms with van der Waals surface area (Å²) in [6.45, 7) is 1.94. The maximum atomic E-state index is 12.6. The first-order valence-corrected chi connectivity index (χ1v) is 8.80. The Labute approximate surface area is 162 Å². The SMILES string of the molecule is Cc1ccc(-c2ncc[nH]2)cc1NC(=O)c1ccc(Oc2ccccc2)nc1. The third kappa shape index (κ3) is 3.91. The molecule has 0 bridgehead atoms. The number of H-pyrrole nitrogens is 1. The van der Waals surface area contributed by atoms with Crippen LogP contribution in [0.2, 0.25) is 0 Å². The van der Waals surface area contributed by atoms with Crippen molar-refractivity contribution in [3.05, 3.63) is 90.4 Å². The number of hydrogen-bond donors (Lipinski definition) is 2. The number of aromatic nitrogens is 3. The van der Waals surface area contributed by atoms with E-state index in [2.05, 4.69) is 20.3 Å². The number of nitrogens with zero attached hydrogens (tertiary/aromatic N) is 2. The van der Waals surface area contributed by atoms with Gasteiger partial charge in [0.05, 0.1) is 5.56 Å². The van der Waals surface area contributed by atoms with E-state index in [9.17, 15) is 4.79 Å². The van der Waals surface area contributed by atoms with Crippen molar-refractivity contribution in [1.29, 1.82) is 0 Å². The van der Waals surface area contributed by atoms with Gasteiger partial charge in [-0.05, 0) is 36.8 Å². The van der Waals surface area contributed by atoms with Gasteiger partial charge in [0.15, 0.2) is 0 Å². The van der Waals surface area contributed by atoms with Crippen LogP contribution in [0.4, 0.5) is 5.69 Å². The topological polar surface area (TPSA) is 79.9 Å². The Hall–Kier alpha value is -3.93. The van der Waals surface area contributed by atoms with Gasteiger partial charge >= 0.3 is 0 Å². The van der Waals surface area contributed by atoms with Gasteiger partial charge in [0.1, 0.15) is 11.6 Å². The van der Waals surface area contributed by atoms with Gasteiger partial charge in [-0.25, -0.2) is 9.97 Å². The van der Waals surface area contributed by atoms with E-state index in [0.29, 0.717) is 17.2 Å². The Balaban J connectivity index is 1.48. The van der Waals surface area contributed by atoms with Gasteiger partial charge < -0.3 is 15.0 Å². The molecule has 28 heavy (non-hydrogen) atoms. The molecule has 0 saturated heterocycles. The van der Waals surface area contributed by atoms with E-state index < -0.39 is 0 Å². The molecule has 6 heteroatoms. The van der Waals surface area contributed by atoms with E-state index in [0.717, 1.165) is 22.6 Å². The van der Waals surface area contributed by atoms with Crippen molar-refractivity contribution in [3.8, 4) is 23.0 Å². The number of nitrogens with one attached hydrogen (secondary N) is 2. The van der Waals surface area contributed by atoms with Crippen LogP contribution in [0, 0.1) is 6.92 Å². The summed E-state index contributed by atoms with van der Waals surface area (Å²) < 4.78 is 5.65. The Morgan fingerprint density at radius 2 is 1.89 bits per heavy atom. The maximum absolute atomic E-state index is 12.6. The molecule has 0 fully saturated rings. The number of aryl methyl sites for hydroxylation is 1. The van der Waals surface area contributed by atoms with Crippen molar-refractivity contribution < 1.29 is 9.53 Å². The predicted octanol–water partition coefficient (Wildman–Crippen LogP) is 4.82. The summed E-state index contributed by atoms with van der Waals surface area (Å²) in [7, 11) is 0. The number of carbonyl (C=O) groups excluding carboxylic acids is 1. The standard InChI is InChI=1S/C22H18N4O2/c1-15-7-8-16(21-23-11-12-24-21)13-19(15)26-22(27)17-9-10-20(25-14-17)28-18-5-3-2-4-6-18/h2-14H,1H3,(H,23,24)(H,26,27). The van der Waals surface area contributed by atoms with Crippen molar-refractivity contribution >= 4 is 11.6 Å². The lowest BCUT2D eigenvalue weighted by Gasteiger charge is -2.10. The Kier molecular flexibility index (Phi) is 4.84. The smallest absolute Gasteiger partial charge is 0.257 e. The van der Waals surface area contributed by atoms with Gasteiger partial charge in [-0.15, -0.1) is 0 Å². The van der Waals surface area contributed by atoms with Crippen molar-refractivity contribution in [2.75, 3.05) is 5.32 Å². The van der Waals surface area contributed by atoms with Crippen LogP contribution in [-0.2, 0) is 0 Å². The minimum Gasteiger partial charge on any atom is -0.439 e. The molecule has 4 aromatic rings. The van der Waals surface area contributed by atoms with Crippen LogP contribution in [0.5, 0.6) is 11.6 Å². The number of ether oxygens (including phenoxy) is 1. The predicted molar refractivity (Wildman–Crippen MR) is 107 cm³/mol. The number of hydrogen-bond acceptors (Lipinski definition) is 4. The van der Waals surface area contributed by atoms with Gasteiger partial charge in [-0.2, -0.15) is 0 Å². The van der Waals surface area contributed by atoms with Crippen LogP contribution >= 0.6 is 0 Å². The van der Waals surface area contributed by atoms with Crippen LogP contribution < -0.4 is 10.1 Å². The minimum absolute atomic E-state index is 0.238. The van der Waals surface area contributed by atoms with Crippen molar-refractivity contribution in [2.45, 2.75) is 6.92 Å². The zero-order valence-corrected chi connectivity index (χ0v) is 15.2. The number of imidazole rings is 1. The van der Waals surface area contributed by atoms with Crippen molar-refractivity contribution in [1.82, 2.24) is 15.0 Å². The summed E-state index contributed by atoms with van der Waals surface area (Å²) in [5.41, 5.74) is 3.03. The molecule has 138 valence electrons. The highest BCUT2D eigenvalue weighted by atomic mass is 16.5. The molecular weight excluding hydrogens is 352 g/mol. The highest BCUT2D eigenvalue weighted by Crippen LogP contribution is 2.24. The zero-order valence-electron chi connectivity index (χ0n) is 15.2. The maximum Gasteiger partial charge on any atom is 0.257 e. The van der Waals surface area contributed by atoms with Crippen LogP contribution in [0.1, 0.15) is 15.9 Å². The lowest BCUT2D eigenvalue weighted by atomic mass is 10.1. The molecule has 2 aromatic carbocycles. The monoisotopic (exact) mass is 370 g/mol. The second-order valence-corrected chi connectivity index (χ2v) is 6.22. The van der Waals surface area contributed by atoms with Gasteiger partial charge in [-0.3, -0.25) is 4.79 Å². The molecule has 0 atom stereocenters. The number of carbonyl (C=O) groups is 1. The molecular formula is C22H18N4O2. The number of anilines is 1. The van der Waals surface area contributed by atoms with Crippen molar-refractivity contribution in [3.63, 3.8) is 0 Å². The second-order valence-electron chi connectivity index (χ2n) is 6.22. The fraction of sp³-hybridized carbons (Fsp3) is 0.0455. The van der Waals surface area contributed by atoms with Crippen molar-refractivity contribution in [2.24, 2.45) is 0 Å². The zero-order chi connectivity index (χ0) is 19.3. The average molecular weight is 370 g/mol. The highest BCUT2D eigenvalue weighted by molar-refractivity contribution is 6.04. The van der Waals surface area contributed by atoms with E-state index in [1.54, 1.807) is 24.5 Å². The lowest BCUT2D eigenvalue weighted by Crippen LogP contribution is -2.13. The lowest BCUT2D eigenvalue weighted by molar-refractivity contribution is 0.102. The molecule has 2 N–H and O–H groups in total. The van der Waals surface area contributed by atoms with Gasteiger partial charge in [0.2, 0.25) is 5.88 Å². The fourth-order valence-corrected chi connectivity index (χ4v) is 2.71. The van der Waals surface area contributed by atoms with E-state index >= 15 is 0 Å². The number of amides is 1. The first-order valence-electron chi connectivity index (χ1n) is 8.80. The molecule has 2 aromatic heterocycles. The summed E-state index contributed by atoms with van der Waals surface area (Å²) in [6, 6.07) is 18.5. The van der Waals surface area contributed by atoms with Gasteiger partial charge in [0.25, 0.3) is 5.91 Å². The van der Waals surface area contributed by atoms with E-state index in [1.165, 1.54) is 6.20 Å². The number of aromatic amines is 1. The molecule has 2 heterocycles. The largest absolute Gasteiger partial charge is 0.439 e. The Morgan fingerprint density at radius 3 is 2.61 bits per heavy atom. The fourth-order valence-electron chi connectivity index (χ4n) is 2.71. The Morgan fingerprint density at radius 1 is 1.04 bits per heavy atom. The molecule has 0 aliphatic rings. The molecule has 0 spiro atoms. The summed E-state index contributed by atoms with van der Waals surface area (Å²) >= 11 is 0. The van der Waals surface area contributed by atoms with Crippen LogP contribution in [0.25, 0.3) is 11.4 Å². The quantitative estimate of drug-likeness (QED) is 0.528. The molecule has 0 saturated carbocycles. The third-order valence-corrected chi connectivity index (χ3v) is 4.22. The molecule has 0 aliphatic heterocycles. The average Bonchev–Trinajstić information content (AvgIpc) is 3.26. The van der Waals surface area contributed by atoms with Gasteiger partial charge in [0, 0.05) is 35.9 Å². The molecule has 4 rings (SSSR count). The minimum atomic E-state index is -0.238. The summed E-state index contributed by atoms with van der Waals surface area (Å²) in [5, 5.41) is 2.94.